The van der Waals surface area contributed by atoms with Crippen LogP contribution in [-0.2, 0) is 0 Å². The summed E-state index contributed by atoms with van der Waals surface area (Å²) in [7, 11) is 0. The van der Waals surface area contributed by atoms with Crippen LogP contribution in [0.5, 0.6) is 0 Å². The van der Waals surface area contributed by atoms with Crippen LogP contribution < -0.4 is 5.32 Å². The van der Waals surface area contributed by atoms with Crippen LogP contribution in [0.25, 0.3) is 6.08 Å². The van der Waals surface area contributed by atoms with Gasteiger partial charge in [0, 0.05) is 18.1 Å². The number of aromatic nitrogens is 2. The molecule has 1 N–H and O–H groups in total. The Bertz CT molecular complexity index is 537. The fourth-order valence-electron chi connectivity index (χ4n) is 1.39. The molecule has 84 valence electrons. The van der Waals surface area contributed by atoms with Gasteiger partial charge < -0.3 is 5.32 Å². The lowest BCUT2D eigenvalue weighted by molar-refractivity contribution is 0.102. The molecular weight excluding hydrogens is 214 g/mol. The molecule has 1 amide bonds. The number of rotatable bonds is 3. The van der Waals surface area contributed by atoms with Gasteiger partial charge in [0.1, 0.15) is 5.69 Å². The van der Waals surface area contributed by atoms with Gasteiger partial charge in [-0.2, -0.15) is 0 Å². The molecule has 1 aromatic carbocycles. The third-order valence-corrected chi connectivity index (χ3v) is 2.22. The van der Waals surface area contributed by atoms with E-state index in [1.807, 2.05) is 24.3 Å². The third-order valence-electron chi connectivity index (χ3n) is 2.22. The van der Waals surface area contributed by atoms with Crippen molar-refractivity contribution in [3.8, 4) is 0 Å². The maximum Gasteiger partial charge on any atom is 0.275 e. The summed E-state index contributed by atoms with van der Waals surface area (Å²) in [5, 5.41) is 2.77. The number of carbonyl (C=O) groups is 1. The quantitative estimate of drug-likeness (QED) is 0.872. The number of para-hydroxylation sites is 1. The molecule has 4 nitrogen and oxygen atoms in total. The Labute approximate surface area is 99.0 Å². The molecule has 0 radical (unpaired) electrons. The summed E-state index contributed by atoms with van der Waals surface area (Å²) in [5.74, 6) is -0.285. The zero-order chi connectivity index (χ0) is 12.1. The number of hydrogen-bond donors (Lipinski definition) is 1. The van der Waals surface area contributed by atoms with Crippen LogP contribution in [0.2, 0.25) is 0 Å². The first-order chi connectivity index (χ1) is 8.31. The largest absolute Gasteiger partial charge is 0.320 e. The summed E-state index contributed by atoms with van der Waals surface area (Å²) in [5.41, 5.74) is 1.86. The lowest BCUT2D eigenvalue weighted by atomic mass is 10.2. The van der Waals surface area contributed by atoms with Gasteiger partial charge in [0.2, 0.25) is 0 Å². The number of nitrogens with zero attached hydrogens (tertiary/aromatic N) is 2. The summed E-state index contributed by atoms with van der Waals surface area (Å²) < 4.78 is 0. The number of nitrogens with one attached hydrogen (secondary N) is 1. The molecule has 17 heavy (non-hydrogen) atoms. The number of hydrogen-bond acceptors (Lipinski definition) is 3. The number of benzene rings is 1. The zero-order valence-electron chi connectivity index (χ0n) is 9.13. The standard InChI is InChI=1S/C13H11N3O/c1-2-10-5-3-4-6-11(10)16-13(17)12-9-14-7-8-15-12/h2-9H,1H2,(H,16,17). The Morgan fingerprint density at radius 1 is 1.29 bits per heavy atom. The number of amides is 1. The average Bonchev–Trinajstić information content (AvgIpc) is 2.40. The molecule has 0 bridgehead atoms. The molecule has 2 aromatic rings. The van der Waals surface area contributed by atoms with Crippen molar-refractivity contribution < 1.29 is 4.79 Å². The Morgan fingerprint density at radius 2 is 2.12 bits per heavy atom. The molecule has 0 aliphatic rings. The highest BCUT2D eigenvalue weighted by molar-refractivity contribution is 6.03. The van der Waals surface area contributed by atoms with Gasteiger partial charge in [0.15, 0.2) is 0 Å². The highest BCUT2D eigenvalue weighted by Crippen LogP contribution is 2.16. The van der Waals surface area contributed by atoms with E-state index in [2.05, 4.69) is 21.9 Å². The van der Waals surface area contributed by atoms with Gasteiger partial charge in [-0.1, -0.05) is 30.9 Å². The van der Waals surface area contributed by atoms with Gasteiger partial charge in [-0.05, 0) is 11.6 Å². The first kappa shape index (κ1) is 11.0. The second-order valence-corrected chi connectivity index (χ2v) is 3.34. The van der Waals surface area contributed by atoms with E-state index in [1.54, 1.807) is 6.08 Å². The molecule has 0 aliphatic heterocycles. The first-order valence-electron chi connectivity index (χ1n) is 5.10. The van der Waals surface area contributed by atoms with Crippen molar-refractivity contribution in [2.75, 3.05) is 5.32 Å². The van der Waals surface area contributed by atoms with E-state index in [-0.39, 0.29) is 11.6 Å². The minimum Gasteiger partial charge on any atom is -0.320 e. The van der Waals surface area contributed by atoms with Gasteiger partial charge in [0.25, 0.3) is 5.91 Å². The van der Waals surface area contributed by atoms with E-state index < -0.39 is 0 Å². The minimum atomic E-state index is -0.285. The van der Waals surface area contributed by atoms with Gasteiger partial charge in [-0.25, -0.2) is 4.98 Å². The van der Waals surface area contributed by atoms with Crippen molar-refractivity contribution in [1.29, 1.82) is 0 Å². The Hall–Kier alpha value is -2.49. The van der Waals surface area contributed by atoms with Crippen molar-refractivity contribution >= 4 is 17.7 Å². The second kappa shape index (κ2) is 5.03. The highest BCUT2D eigenvalue weighted by Gasteiger charge is 2.08. The Balaban J connectivity index is 2.22. The molecular formula is C13H11N3O. The van der Waals surface area contributed by atoms with E-state index in [0.717, 1.165) is 5.56 Å². The van der Waals surface area contributed by atoms with Crippen LogP contribution in [0.4, 0.5) is 5.69 Å². The smallest absolute Gasteiger partial charge is 0.275 e. The van der Waals surface area contributed by atoms with E-state index in [4.69, 9.17) is 0 Å². The monoisotopic (exact) mass is 225 g/mol. The van der Waals surface area contributed by atoms with Crippen LogP contribution in [-0.4, -0.2) is 15.9 Å². The van der Waals surface area contributed by atoms with Gasteiger partial charge in [0.05, 0.1) is 6.20 Å². The van der Waals surface area contributed by atoms with Crippen molar-refractivity contribution in [3.63, 3.8) is 0 Å². The molecule has 0 spiro atoms. The van der Waals surface area contributed by atoms with Crippen LogP contribution in [0.1, 0.15) is 16.1 Å². The van der Waals surface area contributed by atoms with Crippen LogP contribution in [0.3, 0.4) is 0 Å². The summed E-state index contributed by atoms with van der Waals surface area (Å²) in [6.07, 6.45) is 6.11. The summed E-state index contributed by atoms with van der Waals surface area (Å²) in [6, 6.07) is 7.42. The molecule has 0 saturated carbocycles. The van der Waals surface area contributed by atoms with Crippen LogP contribution in [0.15, 0.2) is 49.4 Å². The second-order valence-electron chi connectivity index (χ2n) is 3.34. The number of anilines is 1. The summed E-state index contributed by atoms with van der Waals surface area (Å²) >= 11 is 0. The third kappa shape index (κ3) is 2.55. The van der Waals surface area contributed by atoms with Crippen LogP contribution >= 0.6 is 0 Å². The molecule has 0 aliphatic carbocycles. The van der Waals surface area contributed by atoms with E-state index in [9.17, 15) is 4.79 Å². The van der Waals surface area contributed by atoms with Gasteiger partial charge in [-0.3, -0.25) is 9.78 Å². The number of carbonyl (C=O) groups excluding carboxylic acids is 1. The predicted molar refractivity (Wildman–Crippen MR) is 66.5 cm³/mol. The fraction of sp³-hybridized carbons (Fsp3) is 0. The topological polar surface area (TPSA) is 54.9 Å². The molecule has 0 unspecified atom stereocenters. The Morgan fingerprint density at radius 3 is 2.82 bits per heavy atom. The van der Waals surface area contributed by atoms with Gasteiger partial charge >= 0.3 is 0 Å². The summed E-state index contributed by atoms with van der Waals surface area (Å²) in [6.45, 7) is 3.69. The Kier molecular flexibility index (Phi) is 3.25. The molecule has 0 saturated heterocycles. The van der Waals surface area contributed by atoms with E-state index in [0.29, 0.717) is 5.69 Å². The summed E-state index contributed by atoms with van der Waals surface area (Å²) in [4.78, 5) is 19.6. The molecule has 0 atom stereocenters. The first-order valence-corrected chi connectivity index (χ1v) is 5.10. The average molecular weight is 225 g/mol. The lowest BCUT2D eigenvalue weighted by Crippen LogP contribution is -2.14. The van der Waals surface area contributed by atoms with Crippen LogP contribution in [0, 0.1) is 0 Å². The van der Waals surface area contributed by atoms with Crippen molar-refractivity contribution in [2.45, 2.75) is 0 Å². The lowest BCUT2D eigenvalue weighted by Gasteiger charge is -2.07. The zero-order valence-corrected chi connectivity index (χ0v) is 9.13. The normalized spacial score (nSPS) is 9.65. The van der Waals surface area contributed by atoms with Crippen molar-refractivity contribution in [1.82, 2.24) is 9.97 Å². The molecule has 1 heterocycles. The molecule has 1 aromatic heterocycles. The fourth-order valence-corrected chi connectivity index (χ4v) is 1.39. The molecule has 0 fully saturated rings. The minimum absolute atomic E-state index is 0.284. The highest BCUT2D eigenvalue weighted by atomic mass is 16.1. The maximum absolute atomic E-state index is 11.8. The molecule has 2 rings (SSSR count). The van der Waals surface area contributed by atoms with Gasteiger partial charge in [-0.15, -0.1) is 0 Å². The van der Waals surface area contributed by atoms with E-state index in [1.165, 1.54) is 18.6 Å². The molecule has 4 heteroatoms. The maximum atomic E-state index is 11.8. The van der Waals surface area contributed by atoms with E-state index >= 15 is 0 Å². The SMILES string of the molecule is C=Cc1ccccc1NC(=O)c1cnccn1. The van der Waals surface area contributed by atoms with Crippen molar-refractivity contribution in [3.05, 3.63) is 60.7 Å². The predicted octanol–water partition coefficient (Wildman–Crippen LogP) is 2.37. The van der Waals surface area contributed by atoms with Crippen molar-refractivity contribution in [2.24, 2.45) is 0 Å².